The van der Waals surface area contributed by atoms with E-state index in [0.717, 1.165) is 0 Å². The van der Waals surface area contributed by atoms with Gasteiger partial charge in [-0.3, -0.25) is 0 Å². The standard InChI is InChI=1S/C5H9NO/c1-3-4-5-7-6-2/h3-4H,2,5H2,1H3/b4-3-. The normalized spacial score (nSPS) is 9.29. The van der Waals surface area contributed by atoms with Crippen molar-refractivity contribution >= 4 is 6.72 Å². The third kappa shape index (κ3) is 5.21. The van der Waals surface area contributed by atoms with Crippen molar-refractivity contribution in [2.45, 2.75) is 6.92 Å². The van der Waals surface area contributed by atoms with Crippen molar-refractivity contribution in [3.05, 3.63) is 12.2 Å². The predicted octanol–water partition coefficient (Wildman–Crippen LogP) is 1.19. The number of nitrogens with zero attached hydrogens (tertiary/aromatic N) is 1. The Bertz CT molecular complexity index is 68.5. The molecule has 0 atom stereocenters. The second-order valence-electron chi connectivity index (χ2n) is 0.994. The maximum absolute atomic E-state index is 4.50. The zero-order valence-corrected chi connectivity index (χ0v) is 4.42. The monoisotopic (exact) mass is 99.1 g/mol. The molecule has 0 aromatic carbocycles. The molecule has 0 aliphatic rings. The minimum Gasteiger partial charge on any atom is -0.392 e. The van der Waals surface area contributed by atoms with Crippen LogP contribution in [0.3, 0.4) is 0 Å². The van der Waals surface area contributed by atoms with E-state index in [-0.39, 0.29) is 0 Å². The molecule has 40 valence electrons. The summed E-state index contributed by atoms with van der Waals surface area (Å²) in [7, 11) is 0. The van der Waals surface area contributed by atoms with E-state index in [1.165, 1.54) is 0 Å². The Balaban J connectivity index is 2.82. The Kier molecular flexibility index (Phi) is 4.62. The van der Waals surface area contributed by atoms with Crippen LogP contribution in [0.2, 0.25) is 0 Å². The fourth-order valence-electron chi connectivity index (χ4n) is 0.192. The van der Waals surface area contributed by atoms with Crippen molar-refractivity contribution < 1.29 is 4.84 Å². The molecule has 0 aliphatic carbocycles. The number of hydrogen-bond donors (Lipinski definition) is 0. The van der Waals surface area contributed by atoms with E-state index in [2.05, 4.69) is 16.7 Å². The van der Waals surface area contributed by atoms with Crippen LogP contribution in [0.25, 0.3) is 0 Å². The first-order chi connectivity index (χ1) is 3.41. The van der Waals surface area contributed by atoms with E-state index in [0.29, 0.717) is 6.61 Å². The van der Waals surface area contributed by atoms with Gasteiger partial charge in [-0.25, -0.2) is 0 Å². The molecule has 0 rings (SSSR count). The first-order valence-electron chi connectivity index (χ1n) is 2.11. The van der Waals surface area contributed by atoms with Crippen LogP contribution in [0.5, 0.6) is 0 Å². The average Bonchev–Trinajstić information content (AvgIpc) is 1.69. The van der Waals surface area contributed by atoms with E-state index in [9.17, 15) is 0 Å². The smallest absolute Gasteiger partial charge is 0.135 e. The van der Waals surface area contributed by atoms with Crippen LogP contribution >= 0.6 is 0 Å². The van der Waals surface area contributed by atoms with Crippen LogP contribution in [0.15, 0.2) is 17.3 Å². The van der Waals surface area contributed by atoms with Gasteiger partial charge < -0.3 is 4.84 Å². The number of rotatable bonds is 3. The lowest BCUT2D eigenvalue weighted by Gasteiger charge is -1.85. The number of hydrogen-bond acceptors (Lipinski definition) is 2. The Morgan fingerprint density at radius 3 is 3.00 bits per heavy atom. The molecule has 0 saturated carbocycles. The average molecular weight is 99.1 g/mol. The fourth-order valence-corrected chi connectivity index (χ4v) is 0.192. The summed E-state index contributed by atoms with van der Waals surface area (Å²) < 4.78 is 0. The summed E-state index contributed by atoms with van der Waals surface area (Å²) >= 11 is 0. The first-order valence-corrected chi connectivity index (χ1v) is 2.11. The summed E-state index contributed by atoms with van der Waals surface area (Å²) in [6.07, 6.45) is 3.75. The van der Waals surface area contributed by atoms with Gasteiger partial charge in [0.1, 0.15) is 6.61 Å². The van der Waals surface area contributed by atoms with Crippen LogP contribution in [0, 0.1) is 0 Å². The highest BCUT2D eigenvalue weighted by atomic mass is 16.6. The van der Waals surface area contributed by atoms with Gasteiger partial charge >= 0.3 is 0 Å². The zero-order valence-electron chi connectivity index (χ0n) is 4.42. The molecule has 0 aliphatic heterocycles. The highest BCUT2D eigenvalue weighted by Crippen LogP contribution is 1.73. The lowest BCUT2D eigenvalue weighted by atomic mass is 10.6. The molecule has 0 N–H and O–H groups in total. The van der Waals surface area contributed by atoms with Gasteiger partial charge in [0.25, 0.3) is 0 Å². The van der Waals surface area contributed by atoms with Gasteiger partial charge in [0.15, 0.2) is 0 Å². The van der Waals surface area contributed by atoms with Crippen molar-refractivity contribution in [1.82, 2.24) is 0 Å². The van der Waals surface area contributed by atoms with E-state index in [1.54, 1.807) is 0 Å². The summed E-state index contributed by atoms with van der Waals surface area (Å²) in [4.78, 5) is 4.50. The van der Waals surface area contributed by atoms with Gasteiger partial charge in [0.05, 0.1) is 0 Å². The van der Waals surface area contributed by atoms with E-state index < -0.39 is 0 Å². The molecule has 0 spiro atoms. The number of oxime groups is 1. The van der Waals surface area contributed by atoms with Crippen molar-refractivity contribution in [3.63, 3.8) is 0 Å². The lowest BCUT2D eigenvalue weighted by molar-refractivity contribution is 0.177. The molecule has 0 fully saturated rings. The van der Waals surface area contributed by atoms with Crippen LogP contribution in [0.1, 0.15) is 6.92 Å². The van der Waals surface area contributed by atoms with Crippen molar-refractivity contribution in [3.8, 4) is 0 Å². The Hall–Kier alpha value is -0.790. The lowest BCUT2D eigenvalue weighted by Crippen LogP contribution is -1.77. The summed E-state index contributed by atoms with van der Waals surface area (Å²) in [5, 5.41) is 3.17. The van der Waals surface area contributed by atoms with Gasteiger partial charge in [0, 0.05) is 6.72 Å². The van der Waals surface area contributed by atoms with E-state index in [4.69, 9.17) is 0 Å². The molecule has 0 aromatic rings. The Morgan fingerprint density at radius 1 is 1.86 bits per heavy atom. The molecule has 0 radical (unpaired) electrons. The zero-order chi connectivity index (χ0) is 5.54. The summed E-state index contributed by atoms with van der Waals surface area (Å²) in [5.74, 6) is 0. The van der Waals surface area contributed by atoms with Crippen molar-refractivity contribution in [1.29, 1.82) is 0 Å². The Morgan fingerprint density at radius 2 is 2.57 bits per heavy atom. The Labute approximate surface area is 43.5 Å². The second kappa shape index (κ2) is 5.21. The highest BCUT2D eigenvalue weighted by Gasteiger charge is 1.66. The molecular formula is C5H9NO. The molecule has 2 nitrogen and oxygen atoms in total. The molecule has 0 bridgehead atoms. The fraction of sp³-hybridized carbons (Fsp3) is 0.400. The third-order valence-corrected chi connectivity index (χ3v) is 0.498. The summed E-state index contributed by atoms with van der Waals surface area (Å²) in [6.45, 7) is 5.58. The maximum Gasteiger partial charge on any atom is 0.135 e. The number of allylic oxidation sites excluding steroid dienone is 1. The quantitative estimate of drug-likeness (QED) is 0.225. The largest absolute Gasteiger partial charge is 0.392 e. The molecule has 0 heterocycles. The van der Waals surface area contributed by atoms with Gasteiger partial charge in [0.2, 0.25) is 0 Å². The van der Waals surface area contributed by atoms with E-state index in [1.807, 2.05) is 19.1 Å². The molecule has 7 heavy (non-hydrogen) atoms. The molecule has 0 amide bonds. The maximum atomic E-state index is 4.50. The first kappa shape index (κ1) is 6.21. The molecule has 0 saturated heterocycles. The molecular weight excluding hydrogens is 90.1 g/mol. The van der Waals surface area contributed by atoms with Gasteiger partial charge in [-0.15, -0.1) is 5.16 Å². The second-order valence-corrected chi connectivity index (χ2v) is 0.994. The van der Waals surface area contributed by atoms with Crippen molar-refractivity contribution in [2.24, 2.45) is 5.16 Å². The molecule has 0 aromatic heterocycles. The van der Waals surface area contributed by atoms with Crippen LogP contribution in [-0.2, 0) is 4.84 Å². The summed E-state index contributed by atoms with van der Waals surface area (Å²) in [5.41, 5.74) is 0. The van der Waals surface area contributed by atoms with Gasteiger partial charge in [-0.2, -0.15) is 0 Å². The molecule has 0 unspecified atom stereocenters. The van der Waals surface area contributed by atoms with Crippen LogP contribution in [0.4, 0.5) is 0 Å². The summed E-state index contributed by atoms with van der Waals surface area (Å²) in [6, 6.07) is 0. The van der Waals surface area contributed by atoms with Crippen LogP contribution in [-0.4, -0.2) is 13.3 Å². The topological polar surface area (TPSA) is 21.6 Å². The van der Waals surface area contributed by atoms with E-state index >= 15 is 0 Å². The SMILES string of the molecule is C=NOC/C=C\C. The minimum atomic E-state index is 0.528. The predicted molar refractivity (Wildman–Crippen MR) is 30.3 cm³/mol. The minimum absolute atomic E-state index is 0.528. The van der Waals surface area contributed by atoms with Gasteiger partial charge in [-0.1, -0.05) is 6.08 Å². The van der Waals surface area contributed by atoms with Crippen LogP contribution < -0.4 is 0 Å². The third-order valence-electron chi connectivity index (χ3n) is 0.498. The molecule has 2 heteroatoms. The van der Waals surface area contributed by atoms with Crippen molar-refractivity contribution in [2.75, 3.05) is 6.61 Å². The van der Waals surface area contributed by atoms with Gasteiger partial charge in [-0.05, 0) is 13.0 Å². The highest BCUT2D eigenvalue weighted by molar-refractivity contribution is 5.21.